The van der Waals surface area contributed by atoms with Gasteiger partial charge in [0.25, 0.3) is 5.91 Å². The molecule has 1 aromatic carbocycles. The van der Waals surface area contributed by atoms with Crippen molar-refractivity contribution in [3.05, 3.63) is 35.4 Å². The summed E-state index contributed by atoms with van der Waals surface area (Å²) in [7, 11) is 0. The Labute approximate surface area is 124 Å². The topological polar surface area (TPSA) is 79.2 Å². The molecule has 0 fully saturated rings. The van der Waals surface area contributed by atoms with E-state index in [4.69, 9.17) is 5.26 Å². The van der Waals surface area contributed by atoms with Crippen molar-refractivity contribution in [2.24, 2.45) is 0 Å². The molecule has 0 spiro atoms. The first-order chi connectivity index (χ1) is 9.75. The van der Waals surface area contributed by atoms with Crippen LogP contribution in [0, 0.1) is 11.3 Å². The van der Waals surface area contributed by atoms with Gasteiger partial charge in [-0.3, -0.25) is 4.79 Å². The van der Waals surface area contributed by atoms with E-state index in [9.17, 15) is 9.59 Å². The Balaban J connectivity index is 2.68. The minimum absolute atomic E-state index is 0.0173. The van der Waals surface area contributed by atoms with Gasteiger partial charge in [-0.05, 0) is 30.0 Å². The van der Waals surface area contributed by atoms with E-state index in [1.54, 1.807) is 18.2 Å². The predicted molar refractivity (Wildman–Crippen MR) is 78.6 cm³/mol. The smallest absolute Gasteiger partial charge is 0.329 e. The number of amides is 1. The summed E-state index contributed by atoms with van der Waals surface area (Å²) in [6.45, 7) is 7.47. The fraction of sp³-hybridized carbons (Fsp3) is 0.438. The highest BCUT2D eigenvalue weighted by Crippen LogP contribution is 2.22. The Morgan fingerprint density at radius 2 is 1.86 bits per heavy atom. The van der Waals surface area contributed by atoms with Crippen molar-refractivity contribution in [1.82, 2.24) is 5.32 Å². The summed E-state index contributed by atoms with van der Waals surface area (Å²) < 4.78 is 4.64. The molecule has 0 aromatic heterocycles. The highest BCUT2D eigenvalue weighted by atomic mass is 16.5. The number of ether oxygens (including phenoxy) is 1. The third kappa shape index (κ3) is 4.92. The molecule has 1 aromatic rings. The van der Waals surface area contributed by atoms with Crippen molar-refractivity contribution < 1.29 is 14.3 Å². The molecule has 0 aliphatic rings. The summed E-state index contributed by atoms with van der Waals surface area (Å²) in [6.07, 6.45) is 0. The average molecular weight is 288 g/mol. The molecular formula is C16H20N2O3. The van der Waals surface area contributed by atoms with E-state index in [1.165, 1.54) is 6.92 Å². The first-order valence-electron chi connectivity index (χ1n) is 6.70. The maximum absolute atomic E-state index is 12.0. The largest absolute Gasteiger partial charge is 0.449 e. The Kier molecular flexibility index (Phi) is 5.48. The lowest BCUT2D eigenvalue weighted by atomic mass is 9.86. The molecule has 1 unspecified atom stereocenters. The quantitative estimate of drug-likeness (QED) is 0.861. The van der Waals surface area contributed by atoms with Gasteiger partial charge < -0.3 is 10.1 Å². The SMILES string of the molecule is CC(NC(=O)c1ccc(C(C)(C)C)cc1)C(=O)OCC#N. The molecule has 1 atom stereocenters. The summed E-state index contributed by atoms with van der Waals surface area (Å²) in [5.41, 5.74) is 1.62. The van der Waals surface area contributed by atoms with Crippen LogP contribution in [0.4, 0.5) is 0 Å². The van der Waals surface area contributed by atoms with Gasteiger partial charge in [-0.15, -0.1) is 0 Å². The van der Waals surface area contributed by atoms with Gasteiger partial charge in [0.05, 0.1) is 0 Å². The van der Waals surface area contributed by atoms with Crippen LogP contribution in [0.2, 0.25) is 0 Å². The number of hydrogen-bond acceptors (Lipinski definition) is 4. The van der Waals surface area contributed by atoms with Crippen LogP contribution < -0.4 is 5.32 Å². The number of esters is 1. The second-order valence-corrected chi connectivity index (χ2v) is 5.79. The summed E-state index contributed by atoms with van der Waals surface area (Å²) in [4.78, 5) is 23.5. The number of benzene rings is 1. The van der Waals surface area contributed by atoms with Crippen LogP contribution in [0.1, 0.15) is 43.6 Å². The van der Waals surface area contributed by atoms with E-state index in [0.717, 1.165) is 5.56 Å². The average Bonchev–Trinajstić information content (AvgIpc) is 2.43. The number of nitrogens with zero attached hydrogens (tertiary/aromatic N) is 1. The Bertz CT molecular complexity index is 550. The molecule has 0 aliphatic heterocycles. The molecule has 1 N–H and O–H groups in total. The monoisotopic (exact) mass is 288 g/mol. The van der Waals surface area contributed by atoms with Crippen LogP contribution in [0.25, 0.3) is 0 Å². The van der Waals surface area contributed by atoms with Crippen molar-refractivity contribution in [2.45, 2.75) is 39.2 Å². The van der Waals surface area contributed by atoms with Crippen molar-refractivity contribution in [1.29, 1.82) is 5.26 Å². The van der Waals surface area contributed by atoms with E-state index in [-0.39, 0.29) is 17.9 Å². The van der Waals surface area contributed by atoms with Crippen LogP contribution in [-0.2, 0) is 14.9 Å². The van der Waals surface area contributed by atoms with Crippen molar-refractivity contribution in [3.8, 4) is 6.07 Å². The molecule has 0 aliphatic carbocycles. The zero-order valence-corrected chi connectivity index (χ0v) is 12.8. The van der Waals surface area contributed by atoms with Gasteiger partial charge in [0.1, 0.15) is 12.1 Å². The summed E-state index contributed by atoms with van der Waals surface area (Å²) in [6, 6.07) is 8.15. The van der Waals surface area contributed by atoms with Crippen LogP contribution in [0.5, 0.6) is 0 Å². The van der Waals surface area contributed by atoms with E-state index < -0.39 is 12.0 Å². The van der Waals surface area contributed by atoms with Crippen molar-refractivity contribution >= 4 is 11.9 Å². The lowest BCUT2D eigenvalue weighted by Crippen LogP contribution is -2.39. The van der Waals surface area contributed by atoms with Crippen LogP contribution >= 0.6 is 0 Å². The maximum atomic E-state index is 12.0. The molecular weight excluding hydrogens is 268 g/mol. The van der Waals surface area contributed by atoms with Gasteiger partial charge in [-0.25, -0.2) is 4.79 Å². The third-order valence-corrected chi connectivity index (χ3v) is 2.99. The zero-order valence-electron chi connectivity index (χ0n) is 12.8. The Hall–Kier alpha value is -2.35. The summed E-state index contributed by atoms with van der Waals surface area (Å²) in [5, 5.41) is 10.9. The summed E-state index contributed by atoms with van der Waals surface area (Å²) in [5.74, 6) is -0.979. The number of nitrogens with one attached hydrogen (secondary N) is 1. The van der Waals surface area contributed by atoms with Gasteiger partial charge in [0.2, 0.25) is 0 Å². The van der Waals surface area contributed by atoms with E-state index in [2.05, 4.69) is 30.8 Å². The normalized spacial score (nSPS) is 12.1. The first-order valence-corrected chi connectivity index (χ1v) is 6.70. The number of carbonyl (C=O) groups is 2. The standard InChI is InChI=1S/C16H20N2O3/c1-11(15(20)21-10-9-17)18-14(19)12-5-7-13(8-6-12)16(2,3)4/h5-8,11H,10H2,1-4H3,(H,18,19). The van der Waals surface area contributed by atoms with Gasteiger partial charge >= 0.3 is 5.97 Å². The molecule has 112 valence electrons. The zero-order chi connectivity index (χ0) is 16.0. The lowest BCUT2D eigenvalue weighted by Gasteiger charge is -2.19. The first kappa shape index (κ1) is 16.7. The molecule has 5 nitrogen and oxygen atoms in total. The molecule has 1 rings (SSSR count). The molecule has 0 radical (unpaired) electrons. The van der Waals surface area contributed by atoms with E-state index in [1.807, 2.05) is 12.1 Å². The number of rotatable bonds is 4. The van der Waals surface area contributed by atoms with Gasteiger partial charge in [0.15, 0.2) is 6.61 Å². The van der Waals surface area contributed by atoms with Gasteiger partial charge in [0, 0.05) is 5.56 Å². The van der Waals surface area contributed by atoms with Gasteiger partial charge in [-0.2, -0.15) is 5.26 Å². The van der Waals surface area contributed by atoms with Crippen molar-refractivity contribution in [2.75, 3.05) is 6.61 Å². The van der Waals surface area contributed by atoms with Crippen molar-refractivity contribution in [3.63, 3.8) is 0 Å². The molecule has 5 heteroatoms. The second kappa shape index (κ2) is 6.89. The molecule has 1 amide bonds. The Morgan fingerprint density at radius 3 is 2.33 bits per heavy atom. The molecule has 0 saturated heterocycles. The van der Waals surface area contributed by atoms with Crippen LogP contribution in [0.15, 0.2) is 24.3 Å². The minimum Gasteiger partial charge on any atom is -0.449 e. The predicted octanol–water partition coefficient (Wildman–Crippen LogP) is 2.17. The van der Waals surface area contributed by atoms with E-state index in [0.29, 0.717) is 5.56 Å². The van der Waals surface area contributed by atoms with Gasteiger partial charge in [-0.1, -0.05) is 32.9 Å². The fourth-order valence-electron chi connectivity index (χ4n) is 1.69. The molecule has 0 heterocycles. The molecule has 21 heavy (non-hydrogen) atoms. The highest BCUT2D eigenvalue weighted by Gasteiger charge is 2.19. The van der Waals surface area contributed by atoms with E-state index >= 15 is 0 Å². The number of nitriles is 1. The number of carbonyl (C=O) groups excluding carboxylic acids is 2. The second-order valence-electron chi connectivity index (χ2n) is 5.79. The number of hydrogen-bond donors (Lipinski definition) is 1. The van der Waals surface area contributed by atoms with Crippen LogP contribution in [0.3, 0.4) is 0 Å². The highest BCUT2D eigenvalue weighted by molar-refractivity contribution is 5.96. The lowest BCUT2D eigenvalue weighted by molar-refractivity contribution is -0.144. The summed E-state index contributed by atoms with van der Waals surface area (Å²) >= 11 is 0. The minimum atomic E-state index is -0.798. The Morgan fingerprint density at radius 1 is 1.29 bits per heavy atom. The maximum Gasteiger partial charge on any atom is 0.329 e. The molecule has 0 saturated carbocycles. The molecule has 0 bridgehead atoms. The van der Waals surface area contributed by atoms with Crippen LogP contribution in [-0.4, -0.2) is 24.5 Å². The third-order valence-electron chi connectivity index (χ3n) is 2.99. The fourth-order valence-corrected chi connectivity index (χ4v) is 1.69.